The molecule has 1 heterocycles. The Bertz CT molecular complexity index is 617. The van der Waals surface area contributed by atoms with Crippen LogP contribution >= 0.6 is 0 Å². The minimum absolute atomic E-state index is 0.0548. The molecule has 0 radical (unpaired) electrons. The van der Waals surface area contributed by atoms with Crippen LogP contribution in [0.15, 0.2) is 30.4 Å². The van der Waals surface area contributed by atoms with Crippen LogP contribution in [0, 0.1) is 0 Å². The Labute approximate surface area is 110 Å². The van der Waals surface area contributed by atoms with Crippen molar-refractivity contribution in [2.45, 2.75) is 12.3 Å². The number of para-hydroxylation sites is 1. The number of aliphatic carboxylic acids is 1. The van der Waals surface area contributed by atoms with E-state index in [9.17, 15) is 22.4 Å². The normalized spacial score (nSPS) is 17.8. The molecular weight excluding hydrogens is 280 g/mol. The fourth-order valence-electron chi connectivity index (χ4n) is 1.86. The molecule has 106 valence electrons. The van der Waals surface area contributed by atoms with Crippen LogP contribution in [-0.4, -0.2) is 23.4 Å². The molecule has 1 atom stereocenters. The Morgan fingerprint density at radius 1 is 1.35 bits per heavy atom. The molecule has 1 aromatic rings. The molecule has 0 spiro atoms. The van der Waals surface area contributed by atoms with Crippen molar-refractivity contribution in [2.24, 2.45) is 0 Å². The second-order valence-electron chi connectivity index (χ2n) is 4.07. The zero-order chi connectivity index (χ0) is 15.1. The maximum Gasteiger partial charge on any atom is 0.430 e. The van der Waals surface area contributed by atoms with Crippen LogP contribution in [-0.2, 0) is 4.79 Å². The topological polar surface area (TPSA) is 46.5 Å². The average molecular weight is 288 g/mol. The fourth-order valence-corrected chi connectivity index (χ4v) is 1.86. The SMILES string of the molecule is C=C(F)c1cccc2c1OC(C(F)(F)F)C(C(=O)O)=C2. The van der Waals surface area contributed by atoms with Gasteiger partial charge >= 0.3 is 12.1 Å². The third-order valence-electron chi connectivity index (χ3n) is 2.71. The maximum absolute atomic E-state index is 13.2. The first kappa shape index (κ1) is 14.1. The van der Waals surface area contributed by atoms with E-state index in [1.54, 1.807) is 0 Å². The molecule has 1 N–H and O–H groups in total. The number of carboxylic acid groups (broad SMARTS) is 1. The van der Waals surface area contributed by atoms with Crippen LogP contribution in [0.5, 0.6) is 5.75 Å². The molecular formula is C13H8F4O3. The minimum Gasteiger partial charge on any atom is -0.478 e. The molecule has 2 rings (SSSR count). The number of ether oxygens (including phenoxy) is 1. The predicted octanol–water partition coefficient (Wildman–Crippen LogP) is 3.42. The first-order valence-corrected chi connectivity index (χ1v) is 5.38. The monoisotopic (exact) mass is 288 g/mol. The highest BCUT2D eigenvalue weighted by molar-refractivity contribution is 5.95. The van der Waals surface area contributed by atoms with Crippen molar-refractivity contribution < 1.29 is 32.2 Å². The predicted molar refractivity (Wildman–Crippen MR) is 62.7 cm³/mol. The second kappa shape index (κ2) is 4.66. The van der Waals surface area contributed by atoms with E-state index in [1.165, 1.54) is 18.2 Å². The molecule has 1 aliphatic rings. The molecule has 1 aromatic carbocycles. The smallest absolute Gasteiger partial charge is 0.430 e. The summed E-state index contributed by atoms with van der Waals surface area (Å²) < 4.78 is 56.4. The lowest BCUT2D eigenvalue weighted by Gasteiger charge is -2.28. The zero-order valence-electron chi connectivity index (χ0n) is 9.87. The van der Waals surface area contributed by atoms with Crippen LogP contribution in [0.3, 0.4) is 0 Å². The number of halogens is 4. The molecule has 0 amide bonds. The van der Waals surface area contributed by atoms with Crippen molar-refractivity contribution in [3.8, 4) is 5.75 Å². The summed E-state index contributed by atoms with van der Waals surface area (Å²) in [4.78, 5) is 10.9. The van der Waals surface area contributed by atoms with Crippen LogP contribution in [0.4, 0.5) is 17.6 Å². The molecule has 0 saturated carbocycles. The van der Waals surface area contributed by atoms with Gasteiger partial charge in [0, 0.05) is 5.56 Å². The van der Waals surface area contributed by atoms with Gasteiger partial charge in [0.25, 0.3) is 0 Å². The van der Waals surface area contributed by atoms with Gasteiger partial charge in [0.05, 0.1) is 11.1 Å². The van der Waals surface area contributed by atoms with E-state index < -0.39 is 29.6 Å². The summed E-state index contributed by atoms with van der Waals surface area (Å²) in [6.07, 6.45) is -6.74. The van der Waals surface area contributed by atoms with Gasteiger partial charge in [-0.2, -0.15) is 13.2 Å². The van der Waals surface area contributed by atoms with Gasteiger partial charge in [-0.1, -0.05) is 18.7 Å². The molecule has 1 unspecified atom stereocenters. The van der Waals surface area contributed by atoms with Crippen LogP contribution in [0.2, 0.25) is 0 Å². The number of benzene rings is 1. The number of fused-ring (bicyclic) bond motifs is 1. The zero-order valence-corrected chi connectivity index (χ0v) is 9.87. The van der Waals surface area contributed by atoms with E-state index in [4.69, 9.17) is 5.11 Å². The Morgan fingerprint density at radius 3 is 2.50 bits per heavy atom. The summed E-state index contributed by atoms with van der Waals surface area (Å²) in [6.45, 7) is 3.01. The molecule has 7 heteroatoms. The van der Waals surface area contributed by atoms with Gasteiger partial charge in [-0.3, -0.25) is 0 Å². The summed E-state index contributed by atoms with van der Waals surface area (Å²) in [6, 6.07) is 3.90. The number of carboxylic acids is 1. The summed E-state index contributed by atoms with van der Waals surface area (Å²) in [7, 11) is 0. The first-order valence-electron chi connectivity index (χ1n) is 5.38. The molecule has 20 heavy (non-hydrogen) atoms. The van der Waals surface area contributed by atoms with E-state index >= 15 is 0 Å². The van der Waals surface area contributed by atoms with E-state index in [1.807, 2.05) is 0 Å². The molecule has 0 fully saturated rings. The highest BCUT2D eigenvalue weighted by atomic mass is 19.4. The Balaban J connectivity index is 2.63. The van der Waals surface area contributed by atoms with Crippen molar-refractivity contribution in [3.05, 3.63) is 41.5 Å². The van der Waals surface area contributed by atoms with Crippen molar-refractivity contribution in [2.75, 3.05) is 0 Å². The highest BCUT2D eigenvalue weighted by Crippen LogP contribution is 2.40. The number of rotatable bonds is 2. The minimum atomic E-state index is -4.92. The lowest BCUT2D eigenvalue weighted by molar-refractivity contribution is -0.187. The Hall–Kier alpha value is -2.31. The third kappa shape index (κ3) is 2.38. The van der Waals surface area contributed by atoms with E-state index in [-0.39, 0.29) is 16.9 Å². The fraction of sp³-hybridized carbons (Fsp3) is 0.154. The lowest BCUT2D eigenvalue weighted by Crippen LogP contribution is -2.40. The van der Waals surface area contributed by atoms with Crippen LogP contribution in [0.25, 0.3) is 11.9 Å². The summed E-state index contributed by atoms with van der Waals surface area (Å²) in [5.74, 6) is -3.08. The standard InChI is InChI=1S/C13H8F4O3/c1-6(14)8-4-2-3-7-5-9(12(18)19)11(13(15,16)17)20-10(7)8/h2-5,11H,1H2,(H,18,19). The molecule has 3 nitrogen and oxygen atoms in total. The van der Waals surface area contributed by atoms with Gasteiger partial charge in [0.1, 0.15) is 11.6 Å². The Morgan fingerprint density at radius 2 is 2.00 bits per heavy atom. The van der Waals surface area contributed by atoms with Gasteiger partial charge in [0.15, 0.2) is 0 Å². The molecule has 1 aliphatic heterocycles. The van der Waals surface area contributed by atoms with E-state index in [0.29, 0.717) is 0 Å². The number of carbonyl (C=O) groups is 1. The van der Waals surface area contributed by atoms with E-state index in [2.05, 4.69) is 11.3 Å². The van der Waals surface area contributed by atoms with Crippen molar-refractivity contribution in [1.82, 2.24) is 0 Å². The number of hydrogen-bond acceptors (Lipinski definition) is 2. The van der Waals surface area contributed by atoms with Crippen molar-refractivity contribution in [3.63, 3.8) is 0 Å². The summed E-state index contributed by atoms with van der Waals surface area (Å²) >= 11 is 0. The van der Waals surface area contributed by atoms with Crippen LogP contribution < -0.4 is 4.74 Å². The van der Waals surface area contributed by atoms with Gasteiger partial charge in [-0.15, -0.1) is 0 Å². The second-order valence-corrected chi connectivity index (χ2v) is 4.07. The lowest BCUT2D eigenvalue weighted by atomic mass is 9.98. The van der Waals surface area contributed by atoms with Crippen molar-refractivity contribution in [1.29, 1.82) is 0 Å². The average Bonchev–Trinajstić information content (AvgIpc) is 2.35. The first-order chi connectivity index (χ1) is 9.21. The summed E-state index contributed by atoms with van der Waals surface area (Å²) in [5, 5.41) is 8.84. The molecule has 0 saturated heterocycles. The Kier molecular flexibility index (Phi) is 3.29. The molecule has 0 bridgehead atoms. The van der Waals surface area contributed by atoms with Gasteiger partial charge in [-0.05, 0) is 12.1 Å². The highest BCUT2D eigenvalue weighted by Gasteiger charge is 2.48. The van der Waals surface area contributed by atoms with Crippen LogP contribution in [0.1, 0.15) is 11.1 Å². The summed E-state index contributed by atoms with van der Waals surface area (Å²) in [5.41, 5.74) is -1.14. The van der Waals surface area contributed by atoms with Crippen molar-refractivity contribution >= 4 is 17.9 Å². The van der Waals surface area contributed by atoms with Gasteiger partial charge in [0.2, 0.25) is 6.10 Å². The molecule has 0 aliphatic carbocycles. The van der Waals surface area contributed by atoms with Gasteiger partial charge in [-0.25, -0.2) is 9.18 Å². The largest absolute Gasteiger partial charge is 0.478 e. The third-order valence-corrected chi connectivity index (χ3v) is 2.71. The van der Waals surface area contributed by atoms with E-state index in [0.717, 1.165) is 6.08 Å². The number of alkyl halides is 3. The number of hydrogen-bond donors (Lipinski definition) is 1. The maximum atomic E-state index is 13.2. The molecule has 0 aromatic heterocycles. The quantitative estimate of drug-likeness (QED) is 0.848. The van der Waals surface area contributed by atoms with Gasteiger partial charge < -0.3 is 9.84 Å².